The highest BCUT2D eigenvalue weighted by Crippen LogP contribution is 2.37. The first-order chi connectivity index (χ1) is 9.12. The van der Waals surface area contributed by atoms with Crippen LogP contribution in [0.15, 0.2) is 0 Å². The van der Waals surface area contributed by atoms with Gasteiger partial charge in [0, 0.05) is 24.6 Å². The molecule has 0 aromatic rings. The molecule has 2 atom stereocenters. The second-order valence-electron chi connectivity index (χ2n) is 5.62. The maximum atomic E-state index is 11.7. The van der Waals surface area contributed by atoms with Gasteiger partial charge >= 0.3 is 6.03 Å². The van der Waals surface area contributed by atoms with Crippen molar-refractivity contribution in [1.82, 2.24) is 10.6 Å². The van der Waals surface area contributed by atoms with Gasteiger partial charge in [-0.25, -0.2) is 4.79 Å². The van der Waals surface area contributed by atoms with Crippen LogP contribution in [0.2, 0.25) is 0 Å². The lowest BCUT2D eigenvalue weighted by atomic mass is 9.86. The topological polar surface area (TPSA) is 70.6 Å². The fraction of sp³-hybridized carbons (Fsp3) is 0.929. The highest BCUT2D eigenvalue weighted by molar-refractivity contribution is 5.74. The lowest BCUT2D eigenvalue weighted by Crippen LogP contribution is -2.49. The van der Waals surface area contributed by atoms with Crippen LogP contribution in [0.25, 0.3) is 0 Å². The van der Waals surface area contributed by atoms with Crippen LogP contribution in [-0.4, -0.2) is 43.5 Å². The molecule has 5 heteroatoms. The number of carbonyl (C=O) groups is 1. The van der Waals surface area contributed by atoms with Crippen LogP contribution in [0.1, 0.15) is 46.0 Å². The van der Waals surface area contributed by atoms with Crippen molar-refractivity contribution in [2.75, 3.05) is 26.4 Å². The SMILES string of the molecule is CCCCOCCNC(=O)NC1CCCC1(C)CO. The summed E-state index contributed by atoms with van der Waals surface area (Å²) in [6, 6.07) is -0.0934. The number of aliphatic hydroxyl groups excluding tert-OH is 1. The minimum absolute atomic E-state index is 0.0681. The molecule has 2 unspecified atom stereocenters. The lowest BCUT2D eigenvalue weighted by Gasteiger charge is -2.30. The predicted octanol–water partition coefficient (Wildman–Crippen LogP) is 1.65. The highest BCUT2D eigenvalue weighted by atomic mass is 16.5. The van der Waals surface area contributed by atoms with Gasteiger partial charge in [0.25, 0.3) is 0 Å². The van der Waals surface area contributed by atoms with E-state index >= 15 is 0 Å². The molecular weight excluding hydrogens is 244 g/mol. The molecule has 0 heterocycles. The summed E-state index contributed by atoms with van der Waals surface area (Å²) in [5.41, 5.74) is -0.172. The Morgan fingerprint density at radius 1 is 1.47 bits per heavy atom. The van der Waals surface area contributed by atoms with Gasteiger partial charge in [-0.3, -0.25) is 0 Å². The molecule has 0 radical (unpaired) electrons. The van der Waals surface area contributed by atoms with Gasteiger partial charge in [0.15, 0.2) is 0 Å². The third kappa shape index (κ3) is 5.37. The predicted molar refractivity (Wildman–Crippen MR) is 75.1 cm³/mol. The van der Waals surface area contributed by atoms with Gasteiger partial charge in [0.1, 0.15) is 0 Å². The maximum Gasteiger partial charge on any atom is 0.315 e. The third-order valence-corrected chi connectivity index (χ3v) is 3.92. The van der Waals surface area contributed by atoms with E-state index in [1.54, 1.807) is 0 Å². The minimum atomic E-state index is -0.172. The fourth-order valence-electron chi connectivity index (χ4n) is 2.46. The number of aliphatic hydroxyl groups is 1. The monoisotopic (exact) mass is 272 g/mol. The number of unbranched alkanes of at least 4 members (excludes halogenated alkanes) is 1. The average molecular weight is 272 g/mol. The third-order valence-electron chi connectivity index (χ3n) is 3.92. The number of hydrogen-bond acceptors (Lipinski definition) is 3. The molecule has 0 bridgehead atoms. The summed E-state index contributed by atoms with van der Waals surface area (Å²) in [6.45, 7) is 6.10. The lowest BCUT2D eigenvalue weighted by molar-refractivity contribution is 0.118. The fourth-order valence-corrected chi connectivity index (χ4v) is 2.46. The van der Waals surface area contributed by atoms with Crippen molar-refractivity contribution in [3.8, 4) is 0 Å². The Hall–Kier alpha value is -0.810. The maximum absolute atomic E-state index is 11.7. The van der Waals surface area contributed by atoms with Gasteiger partial charge in [-0.2, -0.15) is 0 Å². The van der Waals surface area contributed by atoms with Gasteiger partial charge in [-0.05, 0) is 19.3 Å². The molecule has 1 saturated carbocycles. The summed E-state index contributed by atoms with van der Waals surface area (Å²) in [5, 5.41) is 15.2. The van der Waals surface area contributed by atoms with E-state index in [-0.39, 0.29) is 24.1 Å². The van der Waals surface area contributed by atoms with Crippen molar-refractivity contribution < 1.29 is 14.6 Å². The molecule has 0 aromatic carbocycles. The molecule has 0 aromatic heterocycles. The number of rotatable bonds is 8. The highest BCUT2D eigenvalue weighted by Gasteiger charge is 2.38. The molecule has 1 fully saturated rings. The molecule has 112 valence electrons. The molecule has 0 spiro atoms. The molecule has 1 aliphatic rings. The van der Waals surface area contributed by atoms with E-state index in [0.29, 0.717) is 13.2 Å². The Balaban J connectivity index is 2.14. The Morgan fingerprint density at radius 3 is 2.95 bits per heavy atom. The largest absolute Gasteiger partial charge is 0.396 e. The first-order valence-electron chi connectivity index (χ1n) is 7.35. The number of nitrogens with one attached hydrogen (secondary N) is 2. The molecule has 1 rings (SSSR count). The van der Waals surface area contributed by atoms with E-state index in [0.717, 1.165) is 38.7 Å². The van der Waals surface area contributed by atoms with Crippen LogP contribution in [0, 0.1) is 5.41 Å². The zero-order chi connectivity index (χ0) is 14.1. The van der Waals surface area contributed by atoms with Gasteiger partial charge in [0.2, 0.25) is 0 Å². The summed E-state index contributed by atoms with van der Waals surface area (Å²) in [4.78, 5) is 11.7. The average Bonchev–Trinajstić information content (AvgIpc) is 2.76. The molecule has 0 aliphatic heterocycles. The van der Waals surface area contributed by atoms with Crippen molar-refractivity contribution in [3.05, 3.63) is 0 Å². The number of hydrogen-bond donors (Lipinski definition) is 3. The van der Waals surface area contributed by atoms with E-state index in [1.165, 1.54) is 0 Å². The van der Waals surface area contributed by atoms with E-state index < -0.39 is 0 Å². The normalized spacial score (nSPS) is 26.4. The summed E-state index contributed by atoms with van der Waals surface area (Å²) in [7, 11) is 0. The van der Waals surface area contributed by atoms with Crippen molar-refractivity contribution in [1.29, 1.82) is 0 Å². The molecule has 5 nitrogen and oxygen atoms in total. The van der Waals surface area contributed by atoms with E-state index in [9.17, 15) is 9.90 Å². The van der Waals surface area contributed by atoms with E-state index in [4.69, 9.17) is 4.74 Å². The number of amides is 2. The first-order valence-corrected chi connectivity index (χ1v) is 7.35. The van der Waals surface area contributed by atoms with Gasteiger partial charge in [-0.1, -0.05) is 26.7 Å². The van der Waals surface area contributed by atoms with Gasteiger partial charge < -0.3 is 20.5 Å². The smallest absolute Gasteiger partial charge is 0.315 e. The second-order valence-corrected chi connectivity index (χ2v) is 5.62. The number of urea groups is 1. The Labute approximate surface area is 116 Å². The van der Waals surface area contributed by atoms with E-state index in [1.807, 2.05) is 6.92 Å². The summed E-state index contributed by atoms with van der Waals surface area (Å²) in [5.74, 6) is 0. The minimum Gasteiger partial charge on any atom is -0.396 e. The van der Waals surface area contributed by atoms with Crippen LogP contribution < -0.4 is 10.6 Å². The van der Waals surface area contributed by atoms with Crippen molar-refractivity contribution in [2.45, 2.75) is 52.0 Å². The Kier molecular flexibility index (Phi) is 7.16. The second kappa shape index (κ2) is 8.38. The number of ether oxygens (including phenoxy) is 1. The van der Waals surface area contributed by atoms with Gasteiger partial charge in [0.05, 0.1) is 13.2 Å². The van der Waals surface area contributed by atoms with Crippen molar-refractivity contribution in [2.24, 2.45) is 5.41 Å². The first kappa shape index (κ1) is 16.2. The van der Waals surface area contributed by atoms with Crippen LogP contribution >= 0.6 is 0 Å². The van der Waals surface area contributed by atoms with Crippen LogP contribution in [-0.2, 0) is 4.74 Å². The zero-order valence-corrected chi connectivity index (χ0v) is 12.2. The molecular formula is C14H28N2O3. The van der Waals surface area contributed by atoms with E-state index in [2.05, 4.69) is 17.6 Å². The molecule has 1 aliphatic carbocycles. The molecule has 19 heavy (non-hydrogen) atoms. The summed E-state index contributed by atoms with van der Waals surface area (Å²) in [6.07, 6.45) is 5.15. The van der Waals surface area contributed by atoms with Crippen LogP contribution in [0.4, 0.5) is 4.79 Å². The van der Waals surface area contributed by atoms with Gasteiger partial charge in [-0.15, -0.1) is 0 Å². The summed E-state index contributed by atoms with van der Waals surface area (Å²) < 4.78 is 5.37. The van der Waals surface area contributed by atoms with Crippen molar-refractivity contribution in [3.63, 3.8) is 0 Å². The molecule has 3 N–H and O–H groups in total. The van der Waals surface area contributed by atoms with Crippen LogP contribution in [0.5, 0.6) is 0 Å². The Morgan fingerprint density at radius 2 is 2.26 bits per heavy atom. The Bertz CT molecular complexity index is 273. The molecule has 0 saturated heterocycles. The standard InChI is InChI=1S/C14H28N2O3/c1-3-4-9-19-10-8-15-13(18)16-12-6-5-7-14(12,2)11-17/h12,17H,3-11H2,1-2H3,(H2,15,16,18). The summed E-state index contributed by atoms with van der Waals surface area (Å²) >= 11 is 0. The number of carbonyl (C=O) groups excluding carboxylic acids is 1. The van der Waals surface area contributed by atoms with Crippen molar-refractivity contribution >= 4 is 6.03 Å². The molecule has 2 amide bonds. The van der Waals surface area contributed by atoms with Crippen LogP contribution in [0.3, 0.4) is 0 Å². The quantitative estimate of drug-likeness (QED) is 0.588. The zero-order valence-electron chi connectivity index (χ0n) is 12.2.